The molecule has 0 radical (unpaired) electrons. The van der Waals surface area contributed by atoms with Gasteiger partial charge >= 0.3 is 6.03 Å². The van der Waals surface area contributed by atoms with Crippen LogP contribution in [0.5, 0.6) is 0 Å². The first-order valence-electron chi connectivity index (χ1n) is 8.54. The number of carbonyl (C=O) groups is 2. The van der Waals surface area contributed by atoms with E-state index < -0.39 is 12.1 Å². The number of nitrogens with zero attached hydrogens (tertiary/aromatic N) is 1. The van der Waals surface area contributed by atoms with Gasteiger partial charge in [0.15, 0.2) is 0 Å². The molecule has 0 spiro atoms. The minimum Gasteiger partial charge on any atom is -0.352 e. The third-order valence-electron chi connectivity index (χ3n) is 4.66. The first-order valence-corrected chi connectivity index (χ1v) is 8.54. The van der Waals surface area contributed by atoms with Crippen LogP contribution in [0.2, 0.25) is 0 Å². The smallest absolute Gasteiger partial charge is 0.312 e. The highest BCUT2D eigenvalue weighted by Gasteiger charge is 2.37. The molecule has 2 aromatic carbocycles. The molecule has 0 bridgehead atoms. The third kappa shape index (κ3) is 3.36. The number of benzene rings is 2. The van der Waals surface area contributed by atoms with E-state index in [9.17, 15) is 9.59 Å². The lowest BCUT2D eigenvalue weighted by molar-refractivity contribution is -0.121. The fourth-order valence-corrected chi connectivity index (χ4v) is 3.51. The lowest BCUT2D eigenvalue weighted by atomic mass is 9.92. The normalized spacial score (nSPS) is 17.8. The Kier molecular flexibility index (Phi) is 4.74. The number of nitrogens with one attached hydrogen (secondary N) is 1. The van der Waals surface area contributed by atoms with E-state index in [1.807, 2.05) is 60.4 Å². The minimum atomic E-state index is -0.679. The van der Waals surface area contributed by atoms with E-state index >= 15 is 0 Å². The summed E-state index contributed by atoms with van der Waals surface area (Å²) in [4.78, 5) is 26.3. The lowest BCUT2D eigenvalue weighted by Gasteiger charge is -2.39. The van der Waals surface area contributed by atoms with Gasteiger partial charge in [-0.15, -0.1) is 0 Å². The van der Waals surface area contributed by atoms with Crippen LogP contribution in [0.4, 0.5) is 10.5 Å². The summed E-state index contributed by atoms with van der Waals surface area (Å²) in [6.45, 7) is 4.08. The molecule has 2 aromatic rings. The Balaban J connectivity index is 2.09. The monoisotopic (exact) mass is 337 g/mol. The maximum absolute atomic E-state index is 13.2. The average molecular weight is 337 g/mol. The Hall–Kier alpha value is -2.82. The minimum absolute atomic E-state index is 0.0910. The van der Waals surface area contributed by atoms with E-state index in [2.05, 4.69) is 12.2 Å². The summed E-state index contributed by atoms with van der Waals surface area (Å²) in [6.07, 6.45) is 1.23. The molecule has 3 N–H and O–H groups in total. The molecule has 3 rings (SSSR count). The largest absolute Gasteiger partial charge is 0.352 e. The Labute approximate surface area is 147 Å². The highest BCUT2D eigenvalue weighted by atomic mass is 16.2. The molecule has 0 fully saturated rings. The van der Waals surface area contributed by atoms with Crippen molar-refractivity contribution in [1.29, 1.82) is 0 Å². The molecule has 0 saturated heterocycles. The van der Waals surface area contributed by atoms with Gasteiger partial charge in [-0.05, 0) is 36.1 Å². The number of amides is 3. The number of fused-ring (bicyclic) bond motifs is 1. The van der Waals surface area contributed by atoms with Crippen LogP contribution in [0.15, 0.2) is 48.5 Å². The average Bonchev–Trinajstić information content (AvgIpc) is 2.59. The van der Waals surface area contributed by atoms with Gasteiger partial charge in [-0.3, -0.25) is 4.79 Å². The molecule has 0 aliphatic carbocycles. The van der Waals surface area contributed by atoms with Crippen molar-refractivity contribution in [2.24, 2.45) is 5.73 Å². The molecular formula is C20H23N3O2. The van der Waals surface area contributed by atoms with Crippen LogP contribution in [0.1, 0.15) is 36.1 Å². The van der Waals surface area contributed by atoms with E-state index in [-0.39, 0.29) is 11.9 Å². The number of primary amides is 1. The van der Waals surface area contributed by atoms with Gasteiger partial charge in [0.25, 0.3) is 5.91 Å². The molecule has 1 heterocycles. The standard InChI is InChI=1S/C20H23N3O2/c1-3-17(14-7-5-4-6-8-14)23-18-11-13(2)9-10-15(18)12-16(19(23)24)22-20(21)25/h4-11,16-17H,3,12H2,1-2H3,(H3,21,22,25)/t16-,17+/m1/s1. The molecular weight excluding hydrogens is 314 g/mol. The van der Waals surface area contributed by atoms with Crippen molar-refractivity contribution in [3.05, 3.63) is 65.2 Å². The van der Waals surface area contributed by atoms with Gasteiger partial charge in [0.1, 0.15) is 6.04 Å². The van der Waals surface area contributed by atoms with Gasteiger partial charge in [0, 0.05) is 12.1 Å². The zero-order valence-corrected chi connectivity index (χ0v) is 14.5. The fourth-order valence-electron chi connectivity index (χ4n) is 3.51. The molecule has 0 aromatic heterocycles. The van der Waals surface area contributed by atoms with E-state index in [1.165, 1.54) is 0 Å². The maximum Gasteiger partial charge on any atom is 0.312 e. The highest BCUT2D eigenvalue weighted by molar-refractivity contribution is 6.02. The van der Waals surface area contributed by atoms with Crippen LogP contribution in [-0.2, 0) is 11.2 Å². The number of urea groups is 1. The number of hydrogen-bond donors (Lipinski definition) is 2. The fraction of sp³-hybridized carbons (Fsp3) is 0.300. The van der Waals surface area contributed by atoms with E-state index in [0.29, 0.717) is 6.42 Å². The van der Waals surface area contributed by atoms with Gasteiger partial charge in [-0.2, -0.15) is 0 Å². The van der Waals surface area contributed by atoms with E-state index in [0.717, 1.165) is 28.8 Å². The van der Waals surface area contributed by atoms with Gasteiger partial charge in [0.2, 0.25) is 0 Å². The summed E-state index contributed by atoms with van der Waals surface area (Å²) < 4.78 is 0. The topological polar surface area (TPSA) is 75.4 Å². The molecule has 2 atom stereocenters. The molecule has 0 unspecified atom stereocenters. The third-order valence-corrected chi connectivity index (χ3v) is 4.66. The summed E-state index contributed by atoms with van der Waals surface area (Å²) in [7, 11) is 0. The number of carbonyl (C=O) groups excluding carboxylic acids is 2. The first-order chi connectivity index (χ1) is 12.0. The Morgan fingerprint density at radius 1 is 1.28 bits per heavy atom. The summed E-state index contributed by atoms with van der Waals surface area (Å²) in [5, 5.41) is 2.60. The quantitative estimate of drug-likeness (QED) is 0.899. The van der Waals surface area contributed by atoms with Crippen LogP contribution in [0.3, 0.4) is 0 Å². The second kappa shape index (κ2) is 6.97. The Morgan fingerprint density at radius 2 is 2.00 bits per heavy atom. The van der Waals surface area contributed by atoms with E-state index in [4.69, 9.17) is 5.73 Å². The molecule has 1 aliphatic heterocycles. The van der Waals surface area contributed by atoms with Crippen LogP contribution >= 0.6 is 0 Å². The SMILES string of the molecule is CC[C@@H](c1ccccc1)N1C(=O)[C@H](NC(N)=O)Cc2ccc(C)cc21. The first kappa shape index (κ1) is 17.0. The number of anilines is 1. The lowest BCUT2D eigenvalue weighted by Crippen LogP contribution is -2.54. The van der Waals surface area contributed by atoms with Gasteiger partial charge in [-0.1, -0.05) is 49.4 Å². The number of aryl methyl sites for hydroxylation is 1. The van der Waals surface area contributed by atoms with Crippen molar-refractivity contribution < 1.29 is 9.59 Å². The summed E-state index contributed by atoms with van der Waals surface area (Å²) in [5.74, 6) is -0.118. The second-order valence-electron chi connectivity index (χ2n) is 6.44. The number of hydrogen-bond acceptors (Lipinski definition) is 2. The van der Waals surface area contributed by atoms with Crippen molar-refractivity contribution in [1.82, 2.24) is 5.32 Å². The van der Waals surface area contributed by atoms with Crippen molar-refractivity contribution >= 4 is 17.6 Å². The predicted octanol–water partition coefficient (Wildman–Crippen LogP) is 3.07. The van der Waals surface area contributed by atoms with Gasteiger partial charge in [-0.25, -0.2) is 4.79 Å². The van der Waals surface area contributed by atoms with Crippen molar-refractivity contribution in [3.63, 3.8) is 0 Å². The predicted molar refractivity (Wildman–Crippen MR) is 98.4 cm³/mol. The van der Waals surface area contributed by atoms with Gasteiger partial charge < -0.3 is 16.0 Å². The van der Waals surface area contributed by atoms with Crippen LogP contribution < -0.4 is 16.0 Å². The van der Waals surface area contributed by atoms with Crippen LogP contribution in [-0.4, -0.2) is 18.0 Å². The van der Waals surface area contributed by atoms with Gasteiger partial charge in [0.05, 0.1) is 6.04 Å². The number of rotatable bonds is 4. The molecule has 25 heavy (non-hydrogen) atoms. The molecule has 1 aliphatic rings. The second-order valence-corrected chi connectivity index (χ2v) is 6.44. The van der Waals surface area contributed by atoms with Crippen molar-refractivity contribution in [2.75, 3.05) is 4.90 Å². The molecule has 5 heteroatoms. The summed E-state index contributed by atoms with van der Waals surface area (Å²) >= 11 is 0. The summed E-state index contributed by atoms with van der Waals surface area (Å²) in [6, 6.07) is 14.7. The van der Waals surface area contributed by atoms with Crippen molar-refractivity contribution in [2.45, 2.75) is 38.8 Å². The van der Waals surface area contributed by atoms with Crippen LogP contribution in [0.25, 0.3) is 0 Å². The Bertz CT molecular complexity index is 789. The summed E-state index contributed by atoms with van der Waals surface area (Å²) in [5.41, 5.74) is 9.41. The van der Waals surface area contributed by atoms with Crippen LogP contribution in [0, 0.1) is 6.92 Å². The zero-order chi connectivity index (χ0) is 18.0. The molecule has 3 amide bonds. The molecule has 5 nitrogen and oxygen atoms in total. The zero-order valence-electron chi connectivity index (χ0n) is 14.5. The number of nitrogens with two attached hydrogens (primary N) is 1. The molecule has 0 saturated carbocycles. The maximum atomic E-state index is 13.2. The Morgan fingerprint density at radius 3 is 2.64 bits per heavy atom. The molecule has 130 valence electrons. The van der Waals surface area contributed by atoms with E-state index in [1.54, 1.807) is 0 Å². The van der Waals surface area contributed by atoms with Crippen molar-refractivity contribution in [3.8, 4) is 0 Å². The highest BCUT2D eigenvalue weighted by Crippen LogP contribution is 2.37.